The highest BCUT2D eigenvalue weighted by atomic mass is 35.5. The molecule has 0 saturated carbocycles. The highest BCUT2D eigenvalue weighted by Gasteiger charge is 2.24. The van der Waals surface area contributed by atoms with Crippen LogP contribution < -0.4 is 4.72 Å². The summed E-state index contributed by atoms with van der Waals surface area (Å²) >= 11 is 5.90. The Morgan fingerprint density at radius 3 is 2.44 bits per heavy atom. The molecule has 0 unspecified atom stereocenters. The van der Waals surface area contributed by atoms with Crippen molar-refractivity contribution in [1.82, 2.24) is 5.16 Å². The van der Waals surface area contributed by atoms with Crippen LogP contribution in [0.5, 0.6) is 0 Å². The number of rotatable bonds is 5. The first-order chi connectivity index (χ1) is 11.8. The second-order valence-corrected chi connectivity index (χ2v) is 7.82. The molecule has 0 aliphatic heterocycles. The van der Waals surface area contributed by atoms with Gasteiger partial charge in [0.15, 0.2) is 10.7 Å². The van der Waals surface area contributed by atoms with Gasteiger partial charge in [0, 0.05) is 10.7 Å². The Hall–Kier alpha value is -2.31. The van der Waals surface area contributed by atoms with Crippen molar-refractivity contribution in [3.63, 3.8) is 0 Å². The van der Waals surface area contributed by atoms with Gasteiger partial charge in [0.1, 0.15) is 5.69 Å². The highest BCUT2D eigenvalue weighted by molar-refractivity contribution is 7.92. The monoisotopic (exact) mass is 376 g/mol. The van der Waals surface area contributed by atoms with Crippen LogP contribution in [-0.4, -0.2) is 13.6 Å². The normalized spacial score (nSPS) is 11.5. The van der Waals surface area contributed by atoms with Crippen molar-refractivity contribution in [1.29, 1.82) is 0 Å². The predicted octanol–water partition coefficient (Wildman–Crippen LogP) is 4.34. The molecule has 0 bridgehead atoms. The third kappa shape index (κ3) is 4.03. The quantitative estimate of drug-likeness (QED) is 0.719. The first-order valence-electron chi connectivity index (χ1n) is 7.64. The number of halogens is 1. The Morgan fingerprint density at radius 2 is 1.80 bits per heavy atom. The fourth-order valence-electron chi connectivity index (χ4n) is 2.65. The van der Waals surface area contributed by atoms with Crippen molar-refractivity contribution in [3.05, 3.63) is 76.1 Å². The van der Waals surface area contributed by atoms with Crippen molar-refractivity contribution < 1.29 is 12.9 Å². The smallest absolute Gasteiger partial charge is 0.267 e. The molecular formula is C18H17ClN2O3S. The first kappa shape index (κ1) is 17.5. The molecule has 0 amide bonds. The number of benzene rings is 2. The highest BCUT2D eigenvalue weighted by Crippen LogP contribution is 2.23. The molecule has 1 aromatic heterocycles. The van der Waals surface area contributed by atoms with Gasteiger partial charge >= 0.3 is 0 Å². The van der Waals surface area contributed by atoms with Crippen LogP contribution in [-0.2, 0) is 16.4 Å². The van der Waals surface area contributed by atoms with Crippen LogP contribution in [0.2, 0.25) is 5.02 Å². The van der Waals surface area contributed by atoms with Crippen LogP contribution >= 0.6 is 11.6 Å². The Morgan fingerprint density at radius 1 is 1.08 bits per heavy atom. The average Bonchev–Trinajstić information content (AvgIpc) is 2.89. The lowest BCUT2D eigenvalue weighted by molar-refractivity contribution is 0.390. The maximum Gasteiger partial charge on any atom is 0.267 e. The maximum absolute atomic E-state index is 12.6. The van der Waals surface area contributed by atoms with Gasteiger partial charge in [-0.2, -0.15) is 0 Å². The standard InChI is InChI=1S/C18H17ClN2O3S/c1-12-18(13(2)24-20-12)25(22,23)21-17-5-3-4-15(11-17)10-14-6-8-16(19)9-7-14/h3-9,11,21H,10H2,1-2H3. The molecule has 0 atom stereocenters. The van der Waals surface area contributed by atoms with E-state index >= 15 is 0 Å². The largest absolute Gasteiger partial charge is 0.360 e. The number of hydrogen-bond donors (Lipinski definition) is 1. The Labute approximate surface area is 151 Å². The van der Waals surface area contributed by atoms with Gasteiger partial charge in [-0.3, -0.25) is 4.72 Å². The van der Waals surface area contributed by atoms with E-state index in [9.17, 15) is 8.42 Å². The molecule has 0 saturated heterocycles. The van der Waals surface area contributed by atoms with Crippen molar-refractivity contribution >= 4 is 27.3 Å². The minimum atomic E-state index is -3.75. The van der Waals surface area contributed by atoms with Crippen LogP contribution in [0, 0.1) is 13.8 Å². The van der Waals surface area contributed by atoms with E-state index in [2.05, 4.69) is 9.88 Å². The van der Waals surface area contributed by atoms with Crippen molar-refractivity contribution in [2.24, 2.45) is 0 Å². The van der Waals surface area contributed by atoms with E-state index in [1.54, 1.807) is 19.9 Å². The molecule has 7 heteroatoms. The maximum atomic E-state index is 12.6. The summed E-state index contributed by atoms with van der Waals surface area (Å²) in [5.74, 6) is 0.266. The number of aromatic nitrogens is 1. The predicted molar refractivity (Wildman–Crippen MR) is 97.5 cm³/mol. The third-order valence-electron chi connectivity index (χ3n) is 3.74. The minimum Gasteiger partial charge on any atom is -0.360 e. The van der Waals surface area contributed by atoms with Crippen LogP contribution in [0.3, 0.4) is 0 Å². The number of nitrogens with one attached hydrogen (secondary N) is 1. The molecule has 0 radical (unpaired) electrons. The second kappa shape index (κ2) is 6.90. The van der Waals surface area contributed by atoms with Gasteiger partial charge in [-0.25, -0.2) is 8.42 Å². The molecule has 2 aromatic carbocycles. The summed E-state index contributed by atoms with van der Waals surface area (Å²) in [6.07, 6.45) is 0.679. The Bertz CT molecular complexity index is 976. The second-order valence-electron chi connectivity index (χ2n) is 5.76. The Balaban J connectivity index is 1.83. The van der Waals surface area contributed by atoms with Crippen LogP contribution in [0.15, 0.2) is 57.9 Å². The van der Waals surface area contributed by atoms with Crippen molar-refractivity contribution in [3.8, 4) is 0 Å². The summed E-state index contributed by atoms with van der Waals surface area (Å²) < 4.78 is 32.7. The fraction of sp³-hybridized carbons (Fsp3) is 0.167. The molecule has 0 aliphatic carbocycles. The fourth-order valence-corrected chi connectivity index (χ4v) is 4.15. The van der Waals surface area contributed by atoms with E-state index in [4.69, 9.17) is 16.1 Å². The SMILES string of the molecule is Cc1noc(C)c1S(=O)(=O)Nc1cccc(Cc2ccc(Cl)cc2)c1. The molecule has 0 aliphatic rings. The molecule has 25 heavy (non-hydrogen) atoms. The summed E-state index contributed by atoms with van der Waals surface area (Å²) in [5.41, 5.74) is 2.91. The minimum absolute atomic E-state index is 0.0793. The molecule has 1 heterocycles. The molecule has 130 valence electrons. The molecule has 0 spiro atoms. The van der Waals surface area contributed by atoms with E-state index in [0.717, 1.165) is 11.1 Å². The van der Waals surface area contributed by atoms with Gasteiger partial charge in [-0.1, -0.05) is 41.0 Å². The van der Waals surface area contributed by atoms with Gasteiger partial charge in [0.2, 0.25) is 0 Å². The zero-order valence-corrected chi connectivity index (χ0v) is 15.4. The van der Waals surface area contributed by atoms with Gasteiger partial charge < -0.3 is 4.52 Å². The number of hydrogen-bond acceptors (Lipinski definition) is 4. The molecule has 1 N–H and O–H groups in total. The number of nitrogens with zero attached hydrogens (tertiary/aromatic N) is 1. The van der Waals surface area contributed by atoms with Crippen molar-refractivity contribution in [2.45, 2.75) is 25.2 Å². The molecule has 3 aromatic rings. The summed E-state index contributed by atoms with van der Waals surface area (Å²) in [5, 5.41) is 4.38. The van der Waals surface area contributed by atoms with Crippen LogP contribution in [0.1, 0.15) is 22.6 Å². The van der Waals surface area contributed by atoms with E-state index in [1.165, 1.54) is 0 Å². The zero-order chi connectivity index (χ0) is 18.0. The number of aryl methyl sites for hydroxylation is 2. The van der Waals surface area contributed by atoms with E-state index in [1.807, 2.05) is 42.5 Å². The molecular weight excluding hydrogens is 360 g/mol. The average molecular weight is 377 g/mol. The molecule has 0 fully saturated rings. The van der Waals surface area contributed by atoms with E-state index < -0.39 is 10.0 Å². The molecule has 5 nitrogen and oxygen atoms in total. The van der Waals surface area contributed by atoms with Crippen LogP contribution in [0.25, 0.3) is 0 Å². The summed E-state index contributed by atoms with van der Waals surface area (Å²) in [4.78, 5) is 0.0793. The van der Waals surface area contributed by atoms with Gasteiger partial charge in [0.25, 0.3) is 10.0 Å². The van der Waals surface area contributed by atoms with Crippen LogP contribution in [0.4, 0.5) is 5.69 Å². The van der Waals surface area contributed by atoms with Gasteiger partial charge in [-0.05, 0) is 55.7 Å². The third-order valence-corrected chi connectivity index (χ3v) is 5.61. The van der Waals surface area contributed by atoms with Gasteiger partial charge in [-0.15, -0.1) is 0 Å². The van der Waals surface area contributed by atoms with Gasteiger partial charge in [0.05, 0.1) is 0 Å². The number of sulfonamides is 1. The van der Waals surface area contributed by atoms with Crippen molar-refractivity contribution in [2.75, 3.05) is 4.72 Å². The topological polar surface area (TPSA) is 72.2 Å². The van der Waals surface area contributed by atoms with E-state index in [-0.39, 0.29) is 10.7 Å². The summed E-state index contributed by atoms with van der Waals surface area (Å²) in [7, 11) is -3.75. The number of anilines is 1. The zero-order valence-electron chi connectivity index (χ0n) is 13.8. The van der Waals surface area contributed by atoms with E-state index in [0.29, 0.717) is 22.8 Å². The lowest BCUT2D eigenvalue weighted by Crippen LogP contribution is -2.14. The first-order valence-corrected chi connectivity index (χ1v) is 9.50. The lowest BCUT2D eigenvalue weighted by Gasteiger charge is -2.09. The molecule has 3 rings (SSSR count). The lowest BCUT2D eigenvalue weighted by atomic mass is 10.0. The summed E-state index contributed by atoms with van der Waals surface area (Å²) in [6.45, 7) is 3.17. The Kier molecular flexibility index (Phi) is 4.83. The summed E-state index contributed by atoms with van der Waals surface area (Å²) in [6, 6.07) is 14.8.